The molecule has 1 aliphatic heterocycles. The lowest BCUT2D eigenvalue weighted by molar-refractivity contribution is -0.129. The maximum absolute atomic E-state index is 12.0. The minimum Gasteiger partial charge on any atom is -0.339 e. The molecule has 1 fully saturated rings. The molecule has 1 amide bonds. The number of thioether (sulfide) groups is 1. The standard InChI is InChI=1S/C13H18N2OS/c1-14-7-9-15(10-8-14)13(16)11-17-12-5-3-2-4-6-12/h2-6H,7-11H2,1H3. The first-order chi connectivity index (χ1) is 8.25. The van der Waals surface area contributed by atoms with Crippen molar-refractivity contribution in [2.24, 2.45) is 0 Å². The third kappa shape index (κ3) is 3.75. The normalized spacial score (nSPS) is 17.1. The molecule has 0 aromatic heterocycles. The predicted molar refractivity (Wildman–Crippen MR) is 71.2 cm³/mol. The minimum absolute atomic E-state index is 0.256. The van der Waals surface area contributed by atoms with Gasteiger partial charge in [0.05, 0.1) is 5.75 Å². The number of benzene rings is 1. The monoisotopic (exact) mass is 250 g/mol. The van der Waals surface area contributed by atoms with Gasteiger partial charge in [0.1, 0.15) is 0 Å². The number of nitrogens with zero attached hydrogens (tertiary/aromatic N) is 2. The van der Waals surface area contributed by atoms with Crippen molar-refractivity contribution in [3.63, 3.8) is 0 Å². The minimum atomic E-state index is 0.256. The molecule has 92 valence electrons. The average molecular weight is 250 g/mol. The Bertz CT molecular complexity index is 361. The average Bonchev–Trinajstić information content (AvgIpc) is 2.38. The Labute approximate surface area is 107 Å². The molecule has 1 aromatic rings. The number of carbonyl (C=O) groups is 1. The van der Waals surface area contributed by atoms with E-state index in [2.05, 4.69) is 11.9 Å². The van der Waals surface area contributed by atoms with Gasteiger partial charge in [-0.15, -0.1) is 11.8 Å². The molecular formula is C13H18N2OS. The largest absolute Gasteiger partial charge is 0.339 e. The van der Waals surface area contributed by atoms with Gasteiger partial charge in [-0.1, -0.05) is 18.2 Å². The molecule has 0 N–H and O–H groups in total. The highest BCUT2D eigenvalue weighted by Crippen LogP contribution is 2.17. The second kappa shape index (κ2) is 6.07. The first-order valence-electron chi connectivity index (χ1n) is 5.90. The van der Waals surface area contributed by atoms with E-state index >= 15 is 0 Å². The fourth-order valence-corrected chi connectivity index (χ4v) is 2.63. The van der Waals surface area contributed by atoms with Gasteiger partial charge in [-0.3, -0.25) is 4.79 Å². The molecule has 1 aromatic carbocycles. The van der Waals surface area contributed by atoms with Gasteiger partial charge in [0, 0.05) is 31.1 Å². The Balaban J connectivity index is 1.78. The lowest BCUT2D eigenvalue weighted by Crippen LogP contribution is -2.47. The molecule has 0 saturated carbocycles. The van der Waals surface area contributed by atoms with Crippen molar-refractivity contribution in [2.75, 3.05) is 39.0 Å². The maximum atomic E-state index is 12.0. The SMILES string of the molecule is CN1CCN(C(=O)CSc2ccccc2)CC1. The third-order valence-corrected chi connectivity index (χ3v) is 3.96. The second-order valence-corrected chi connectivity index (χ2v) is 5.33. The Kier molecular flexibility index (Phi) is 4.45. The van der Waals surface area contributed by atoms with E-state index in [1.165, 1.54) is 0 Å². The molecule has 0 radical (unpaired) electrons. The second-order valence-electron chi connectivity index (χ2n) is 4.29. The van der Waals surface area contributed by atoms with Crippen LogP contribution in [0.2, 0.25) is 0 Å². The first-order valence-corrected chi connectivity index (χ1v) is 6.88. The van der Waals surface area contributed by atoms with E-state index in [1.54, 1.807) is 11.8 Å². The summed E-state index contributed by atoms with van der Waals surface area (Å²) in [4.78, 5) is 17.4. The van der Waals surface area contributed by atoms with E-state index in [1.807, 2.05) is 35.2 Å². The zero-order valence-corrected chi connectivity index (χ0v) is 10.9. The quantitative estimate of drug-likeness (QED) is 0.761. The Morgan fingerprint density at radius 3 is 2.47 bits per heavy atom. The molecule has 1 aliphatic rings. The van der Waals surface area contributed by atoms with Crippen LogP contribution in [0.3, 0.4) is 0 Å². The van der Waals surface area contributed by atoms with Gasteiger partial charge in [0.2, 0.25) is 5.91 Å². The zero-order chi connectivity index (χ0) is 12.1. The van der Waals surface area contributed by atoms with Crippen LogP contribution >= 0.6 is 11.8 Å². The maximum Gasteiger partial charge on any atom is 0.233 e. The van der Waals surface area contributed by atoms with Crippen molar-refractivity contribution in [1.82, 2.24) is 9.80 Å². The molecule has 0 unspecified atom stereocenters. The number of amides is 1. The summed E-state index contributed by atoms with van der Waals surface area (Å²) in [6.45, 7) is 3.71. The van der Waals surface area contributed by atoms with E-state index < -0.39 is 0 Å². The van der Waals surface area contributed by atoms with Crippen LogP contribution in [0.15, 0.2) is 35.2 Å². The molecule has 0 spiro atoms. The molecule has 17 heavy (non-hydrogen) atoms. The Morgan fingerprint density at radius 2 is 1.82 bits per heavy atom. The highest BCUT2D eigenvalue weighted by atomic mass is 32.2. The summed E-state index contributed by atoms with van der Waals surface area (Å²) in [5.41, 5.74) is 0. The highest BCUT2D eigenvalue weighted by Gasteiger charge is 2.18. The highest BCUT2D eigenvalue weighted by molar-refractivity contribution is 8.00. The van der Waals surface area contributed by atoms with Gasteiger partial charge in [-0.25, -0.2) is 0 Å². The number of likely N-dealkylation sites (N-methyl/N-ethyl adjacent to an activating group) is 1. The third-order valence-electron chi connectivity index (χ3n) is 2.96. The van der Waals surface area contributed by atoms with E-state index in [0.29, 0.717) is 5.75 Å². The molecule has 0 aliphatic carbocycles. The van der Waals surface area contributed by atoms with Crippen molar-refractivity contribution in [1.29, 1.82) is 0 Å². The van der Waals surface area contributed by atoms with Gasteiger partial charge in [-0.05, 0) is 19.2 Å². The van der Waals surface area contributed by atoms with Crippen LogP contribution in [0.25, 0.3) is 0 Å². The van der Waals surface area contributed by atoms with Gasteiger partial charge in [0.15, 0.2) is 0 Å². The van der Waals surface area contributed by atoms with Crippen molar-refractivity contribution in [2.45, 2.75) is 4.90 Å². The topological polar surface area (TPSA) is 23.6 Å². The summed E-state index contributed by atoms with van der Waals surface area (Å²) in [6.07, 6.45) is 0. The van der Waals surface area contributed by atoms with Crippen LogP contribution in [0.4, 0.5) is 0 Å². The molecule has 0 bridgehead atoms. The summed E-state index contributed by atoms with van der Waals surface area (Å²) < 4.78 is 0. The van der Waals surface area contributed by atoms with Crippen LogP contribution in [0.5, 0.6) is 0 Å². The lowest BCUT2D eigenvalue weighted by Gasteiger charge is -2.32. The van der Waals surface area contributed by atoms with E-state index in [-0.39, 0.29) is 5.91 Å². The molecule has 4 heteroatoms. The van der Waals surface area contributed by atoms with Gasteiger partial charge in [-0.2, -0.15) is 0 Å². The fraction of sp³-hybridized carbons (Fsp3) is 0.462. The smallest absolute Gasteiger partial charge is 0.233 e. The van der Waals surface area contributed by atoms with Crippen LogP contribution in [-0.2, 0) is 4.79 Å². The lowest BCUT2D eigenvalue weighted by atomic mass is 10.3. The molecular weight excluding hydrogens is 232 g/mol. The number of hydrogen-bond acceptors (Lipinski definition) is 3. The summed E-state index contributed by atoms with van der Waals surface area (Å²) in [5.74, 6) is 0.806. The predicted octanol–water partition coefficient (Wildman–Crippen LogP) is 1.55. The fourth-order valence-electron chi connectivity index (χ4n) is 1.81. The van der Waals surface area contributed by atoms with Crippen LogP contribution in [-0.4, -0.2) is 54.7 Å². The number of hydrogen-bond donors (Lipinski definition) is 0. The van der Waals surface area contributed by atoms with E-state index in [4.69, 9.17) is 0 Å². The Hall–Kier alpha value is -1.00. The molecule has 1 heterocycles. The summed E-state index contributed by atoms with van der Waals surface area (Å²) in [7, 11) is 2.10. The number of rotatable bonds is 3. The number of piperazine rings is 1. The van der Waals surface area contributed by atoms with Crippen molar-refractivity contribution < 1.29 is 4.79 Å². The van der Waals surface area contributed by atoms with Crippen molar-refractivity contribution in [3.8, 4) is 0 Å². The van der Waals surface area contributed by atoms with Gasteiger partial charge in [0.25, 0.3) is 0 Å². The number of carbonyl (C=O) groups excluding carboxylic acids is 1. The Morgan fingerprint density at radius 1 is 1.18 bits per heavy atom. The van der Waals surface area contributed by atoms with E-state index in [0.717, 1.165) is 31.1 Å². The van der Waals surface area contributed by atoms with Crippen LogP contribution in [0, 0.1) is 0 Å². The van der Waals surface area contributed by atoms with Crippen molar-refractivity contribution >= 4 is 17.7 Å². The summed E-state index contributed by atoms with van der Waals surface area (Å²) in [5, 5.41) is 0. The summed E-state index contributed by atoms with van der Waals surface area (Å²) >= 11 is 1.62. The molecule has 2 rings (SSSR count). The molecule has 1 saturated heterocycles. The zero-order valence-electron chi connectivity index (χ0n) is 10.1. The van der Waals surface area contributed by atoms with E-state index in [9.17, 15) is 4.79 Å². The van der Waals surface area contributed by atoms with Crippen LogP contribution < -0.4 is 0 Å². The van der Waals surface area contributed by atoms with Gasteiger partial charge < -0.3 is 9.80 Å². The summed E-state index contributed by atoms with van der Waals surface area (Å²) in [6, 6.07) is 10.1. The first kappa shape index (κ1) is 12.5. The molecule has 3 nitrogen and oxygen atoms in total. The van der Waals surface area contributed by atoms with Gasteiger partial charge >= 0.3 is 0 Å². The molecule has 0 atom stereocenters. The van der Waals surface area contributed by atoms with Crippen molar-refractivity contribution in [3.05, 3.63) is 30.3 Å². The van der Waals surface area contributed by atoms with Crippen LogP contribution in [0.1, 0.15) is 0 Å².